The fraction of sp³-hybridized carbons (Fsp3) is 0.0833. The summed E-state index contributed by atoms with van der Waals surface area (Å²) in [4.78, 5) is 16.4. The lowest BCUT2D eigenvalue weighted by Gasteiger charge is -2.06. The first-order valence-electron chi connectivity index (χ1n) is 9.14. The van der Waals surface area contributed by atoms with Gasteiger partial charge in [-0.25, -0.2) is 14.2 Å². The van der Waals surface area contributed by atoms with Crippen LogP contribution < -0.4 is 4.74 Å². The van der Waals surface area contributed by atoms with Crippen molar-refractivity contribution in [2.75, 3.05) is 0 Å². The molecule has 4 nitrogen and oxygen atoms in total. The van der Waals surface area contributed by atoms with Crippen molar-refractivity contribution >= 4 is 17.9 Å². The van der Waals surface area contributed by atoms with Gasteiger partial charge in [0.25, 0.3) is 0 Å². The molecule has 0 atom stereocenters. The van der Waals surface area contributed by atoms with E-state index in [1.807, 2.05) is 43.3 Å². The molecule has 3 aromatic carbocycles. The van der Waals surface area contributed by atoms with Gasteiger partial charge in [-0.3, -0.25) is 0 Å². The highest BCUT2D eigenvalue weighted by Gasteiger charge is 2.23. The second kappa shape index (κ2) is 8.10. The Bertz CT molecular complexity index is 1080. The predicted molar refractivity (Wildman–Crippen MR) is 109 cm³/mol. The number of rotatable bonds is 5. The van der Waals surface area contributed by atoms with Crippen molar-refractivity contribution in [2.45, 2.75) is 13.5 Å². The van der Waals surface area contributed by atoms with Crippen LogP contribution in [0, 0.1) is 12.7 Å². The smallest absolute Gasteiger partial charge is 0.363 e. The van der Waals surface area contributed by atoms with Crippen LogP contribution in [0.3, 0.4) is 0 Å². The SMILES string of the molecule is Cc1ccc(C2=N/C(=C\c3ccc(OCc4ccc(F)cc4)cc3)C(=O)O2)cc1. The summed E-state index contributed by atoms with van der Waals surface area (Å²) < 4.78 is 23.9. The lowest BCUT2D eigenvalue weighted by atomic mass is 10.1. The molecule has 0 radical (unpaired) electrons. The third-order valence-electron chi connectivity index (χ3n) is 4.42. The number of benzene rings is 3. The molecule has 3 aromatic rings. The van der Waals surface area contributed by atoms with Crippen LogP contribution in [0.1, 0.15) is 22.3 Å². The number of hydrogen-bond acceptors (Lipinski definition) is 4. The van der Waals surface area contributed by atoms with Crippen LogP contribution in [-0.2, 0) is 16.1 Å². The minimum absolute atomic E-state index is 0.251. The highest BCUT2D eigenvalue weighted by Crippen LogP contribution is 2.21. The number of carbonyl (C=O) groups is 1. The normalized spacial score (nSPS) is 14.6. The number of nitrogens with zero attached hydrogens (tertiary/aromatic N) is 1. The van der Waals surface area contributed by atoms with E-state index in [0.717, 1.165) is 22.3 Å². The molecule has 0 bridgehead atoms. The average molecular weight is 387 g/mol. The molecule has 0 unspecified atom stereocenters. The lowest BCUT2D eigenvalue weighted by Crippen LogP contribution is -2.05. The Hall–Kier alpha value is -3.73. The molecule has 0 amide bonds. The van der Waals surface area contributed by atoms with Gasteiger partial charge in [-0.05, 0) is 60.5 Å². The maximum atomic E-state index is 12.9. The van der Waals surface area contributed by atoms with Crippen LogP contribution in [0.5, 0.6) is 5.75 Å². The van der Waals surface area contributed by atoms with Crippen molar-refractivity contribution in [3.8, 4) is 5.75 Å². The van der Waals surface area contributed by atoms with E-state index in [0.29, 0.717) is 18.3 Å². The number of ether oxygens (including phenoxy) is 2. The minimum Gasteiger partial charge on any atom is -0.489 e. The third kappa shape index (κ3) is 4.58. The van der Waals surface area contributed by atoms with Gasteiger partial charge in [0.15, 0.2) is 5.70 Å². The van der Waals surface area contributed by atoms with Gasteiger partial charge >= 0.3 is 5.97 Å². The second-order valence-electron chi connectivity index (χ2n) is 6.69. The molecular formula is C24H18FNO3. The second-order valence-corrected chi connectivity index (χ2v) is 6.69. The van der Waals surface area contributed by atoms with Gasteiger partial charge < -0.3 is 9.47 Å². The maximum Gasteiger partial charge on any atom is 0.363 e. The molecule has 144 valence electrons. The van der Waals surface area contributed by atoms with E-state index in [4.69, 9.17) is 9.47 Å². The van der Waals surface area contributed by atoms with E-state index in [-0.39, 0.29) is 11.5 Å². The molecular weight excluding hydrogens is 369 g/mol. The first-order chi connectivity index (χ1) is 14.1. The minimum atomic E-state index is -0.475. The first-order valence-corrected chi connectivity index (χ1v) is 9.14. The molecule has 0 aliphatic carbocycles. The van der Waals surface area contributed by atoms with Crippen LogP contribution >= 0.6 is 0 Å². The molecule has 29 heavy (non-hydrogen) atoms. The molecule has 5 heteroatoms. The Balaban J connectivity index is 1.44. The number of esters is 1. The van der Waals surface area contributed by atoms with E-state index < -0.39 is 5.97 Å². The zero-order valence-electron chi connectivity index (χ0n) is 15.8. The summed E-state index contributed by atoms with van der Waals surface area (Å²) in [6.07, 6.45) is 1.67. The van der Waals surface area contributed by atoms with E-state index >= 15 is 0 Å². The Morgan fingerprint density at radius 1 is 0.966 bits per heavy atom. The Kier molecular flexibility index (Phi) is 5.20. The first kappa shape index (κ1) is 18.6. The van der Waals surface area contributed by atoms with E-state index in [1.54, 1.807) is 30.3 Å². The largest absolute Gasteiger partial charge is 0.489 e. The van der Waals surface area contributed by atoms with Crippen LogP contribution in [0.2, 0.25) is 0 Å². The van der Waals surface area contributed by atoms with Gasteiger partial charge in [-0.15, -0.1) is 0 Å². The van der Waals surface area contributed by atoms with Crippen LogP contribution in [0.25, 0.3) is 6.08 Å². The topological polar surface area (TPSA) is 47.9 Å². The molecule has 0 aromatic heterocycles. The molecule has 0 saturated carbocycles. The highest BCUT2D eigenvalue weighted by molar-refractivity contribution is 6.12. The number of halogens is 1. The van der Waals surface area contributed by atoms with Crippen LogP contribution in [-0.4, -0.2) is 11.9 Å². The van der Waals surface area contributed by atoms with Gasteiger partial charge in [-0.2, -0.15) is 0 Å². The molecule has 1 aliphatic rings. The summed E-state index contributed by atoms with van der Waals surface area (Å²) in [5, 5.41) is 0. The number of hydrogen-bond donors (Lipinski definition) is 0. The van der Waals surface area contributed by atoms with Gasteiger partial charge in [0.2, 0.25) is 5.90 Å². The summed E-state index contributed by atoms with van der Waals surface area (Å²) >= 11 is 0. The summed E-state index contributed by atoms with van der Waals surface area (Å²) in [7, 11) is 0. The predicted octanol–water partition coefficient (Wildman–Crippen LogP) is 5.06. The third-order valence-corrected chi connectivity index (χ3v) is 4.42. The average Bonchev–Trinajstić information content (AvgIpc) is 3.09. The number of aliphatic imine (C=N–C) groups is 1. The Morgan fingerprint density at radius 2 is 1.66 bits per heavy atom. The molecule has 1 aliphatic heterocycles. The van der Waals surface area contributed by atoms with Crippen molar-refractivity contribution in [3.05, 3.63) is 107 Å². The molecule has 0 saturated heterocycles. The van der Waals surface area contributed by atoms with Gasteiger partial charge in [-0.1, -0.05) is 42.0 Å². The van der Waals surface area contributed by atoms with Gasteiger partial charge in [0, 0.05) is 5.56 Å². The van der Waals surface area contributed by atoms with Crippen molar-refractivity contribution in [3.63, 3.8) is 0 Å². The van der Waals surface area contributed by atoms with Gasteiger partial charge in [0.1, 0.15) is 18.2 Å². The fourth-order valence-corrected chi connectivity index (χ4v) is 2.79. The number of cyclic esters (lactones) is 1. The van der Waals surface area contributed by atoms with Crippen molar-refractivity contribution in [1.29, 1.82) is 0 Å². The van der Waals surface area contributed by atoms with Gasteiger partial charge in [0.05, 0.1) is 0 Å². The Labute approximate surface area is 167 Å². The van der Waals surface area contributed by atoms with Crippen molar-refractivity contribution < 1.29 is 18.7 Å². The summed E-state index contributed by atoms with van der Waals surface area (Å²) in [6, 6.07) is 21.1. The summed E-state index contributed by atoms with van der Waals surface area (Å²) in [6.45, 7) is 2.34. The lowest BCUT2D eigenvalue weighted by molar-refractivity contribution is -0.129. The molecule has 0 fully saturated rings. The molecule has 4 rings (SSSR count). The quantitative estimate of drug-likeness (QED) is 0.454. The van der Waals surface area contributed by atoms with Crippen LogP contribution in [0.15, 0.2) is 83.5 Å². The van der Waals surface area contributed by atoms with Crippen molar-refractivity contribution in [1.82, 2.24) is 0 Å². The van der Waals surface area contributed by atoms with Crippen molar-refractivity contribution in [2.24, 2.45) is 4.99 Å². The zero-order chi connectivity index (χ0) is 20.2. The Morgan fingerprint density at radius 3 is 2.34 bits per heavy atom. The summed E-state index contributed by atoms with van der Waals surface area (Å²) in [5.74, 6) is 0.233. The monoisotopic (exact) mass is 387 g/mol. The fourth-order valence-electron chi connectivity index (χ4n) is 2.79. The number of carbonyl (C=O) groups excluding carboxylic acids is 1. The number of aryl methyl sites for hydroxylation is 1. The highest BCUT2D eigenvalue weighted by atomic mass is 19.1. The zero-order valence-corrected chi connectivity index (χ0v) is 15.8. The van der Waals surface area contributed by atoms with E-state index in [1.165, 1.54) is 12.1 Å². The molecule has 0 spiro atoms. The van der Waals surface area contributed by atoms with Crippen LogP contribution in [0.4, 0.5) is 4.39 Å². The van der Waals surface area contributed by atoms with E-state index in [2.05, 4.69) is 4.99 Å². The molecule has 1 heterocycles. The maximum absolute atomic E-state index is 12.9. The molecule has 0 N–H and O–H groups in total. The van der Waals surface area contributed by atoms with E-state index in [9.17, 15) is 9.18 Å². The summed E-state index contributed by atoms with van der Waals surface area (Å²) in [5.41, 5.74) is 3.82. The standard InChI is InChI=1S/C24H18FNO3/c1-16-2-8-19(9-3-16)23-26-22(24(27)29-23)14-17-6-12-21(13-7-17)28-15-18-4-10-20(25)11-5-18/h2-14H,15H2,1H3/b22-14-.